The molecule has 1 unspecified atom stereocenters. The number of benzene rings is 1. The predicted molar refractivity (Wildman–Crippen MR) is 71.0 cm³/mol. The molecule has 5 heteroatoms. The van der Waals surface area contributed by atoms with Crippen LogP contribution in [0, 0.1) is 5.82 Å². The van der Waals surface area contributed by atoms with Crippen molar-refractivity contribution in [3.63, 3.8) is 0 Å². The lowest BCUT2D eigenvalue weighted by Gasteiger charge is -2.17. The van der Waals surface area contributed by atoms with Gasteiger partial charge in [-0.3, -0.25) is 16.3 Å². The lowest BCUT2D eigenvalue weighted by Crippen LogP contribution is -2.29. The SMILES string of the molecule is COc1ccc(C(Cc2ccncc2)NN)cc1F. The van der Waals surface area contributed by atoms with Crippen molar-refractivity contribution in [2.45, 2.75) is 12.5 Å². The number of hydrogen-bond donors (Lipinski definition) is 2. The third-order valence-electron chi connectivity index (χ3n) is 2.97. The van der Waals surface area contributed by atoms with Crippen molar-refractivity contribution >= 4 is 0 Å². The smallest absolute Gasteiger partial charge is 0.165 e. The molecule has 2 aromatic rings. The summed E-state index contributed by atoms with van der Waals surface area (Å²) in [6.45, 7) is 0. The molecule has 3 N–H and O–H groups in total. The van der Waals surface area contributed by atoms with Crippen molar-refractivity contribution in [1.82, 2.24) is 10.4 Å². The highest BCUT2D eigenvalue weighted by molar-refractivity contribution is 5.32. The number of aromatic nitrogens is 1. The molecule has 0 aliphatic rings. The summed E-state index contributed by atoms with van der Waals surface area (Å²) in [4.78, 5) is 3.96. The van der Waals surface area contributed by atoms with Crippen LogP contribution in [0.15, 0.2) is 42.7 Å². The van der Waals surface area contributed by atoms with Gasteiger partial charge in [-0.15, -0.1) is 0 Å². The monoisotopic (exact) mass is 261 g/mol. The number of ether oxygens (including phenoxy) is 1. The van der Waals surface area contributed by atoms with E-state index >= 15 is 0 Å². The Balaban J connectivity index is 2.20. The van der Waals surface area contributed by atoms with E-state index in [9.17, 15) is 4.39 Å². The molecule has 0 fully saturated rings. The number of methoxy groups -OCH3 is 1. The predicted octanol–water partition coefficient (Wildman–Crippen LogP) is 1.98. The molecule has 0 saturated carbocycles. The van der Waals surface area contributed by atoms with Crippen molar-refractivity contribution in [3.05, 3.63) is 59.7 Å². The van der Waals surface area contributed by atoms with E-state index in [1.807, 2.05) is 12.1 Å². The van der Waals surface area contributed by atoms with E-state index in [0.717, 1.165) is 11.1 Å². The zero-order chi connectivity index (χ0) is 13.7. The molecule has 1 aromatic heterocycles. The number of rotatable bonds is 5. The van der Waals surface area contributed by atoms with Gasteiger partial charge in [0, 0.05) is 12.4 Å². The molecule has 19 heavy (non-hydrogen) atoms. The van der Waals surface area contributed by atoms with Crippen molar-refractivity contribution in [2.75, 3.05) is 7.11 Å². The first kappa shape index (κ1) is 13.5. The van der Waals surface area contributed by atoms with Gasteiger partial charge in [0.25, 0.3) is 0 Å². The Kier molecular flexibility index (Phi) is 4.43. The molecular weight excluding hydrogens is 245 g/mol. The van der Waals surface area contributed by atoms with E-state index in [1.165, 1.54) is 13.2 Å². The van der Waals surface area contributed by atoms with Crippen molar-refractivity contribution in [1.29, 1.82) is 0 Å². The second-order valence-corrected chi connectivity index (χ2v) is 4.17. The molecule has 0 bridgehead atoms. The molecule has 0 aliphatic heterocycles. The molecule has 1 heterocycles. The van der Waals surface area contributed by atoms with Crippen LogP contribution in [0.1, 0.15) is 17.2 Å². The van der Waals surface area contributed by atoms with Gasteiger partial charge in [0.2, 0.25) is 0 Å². The fraction of sp³-hybridized carbons (Fsp3) is 0.214. The van der Waals surface area contributed by atoms with Gasteiger partial charge >= 0.3 is 0 Å². The maximum atomic E-state index is 13.7. The Morgan fingerprint density at radius 2 is 2.05 bits per heavy atom. The van der Waals surface area contributed by atoms with Gasteiger partial charge in [-0.05, 0) is 41.8 Å². The molecule has 0 radical (unpaired) electrons. The summed E-state index contributed by atoms with van der Waals surface area (Å²) in [5.74, 6) is 5.39. The molecule has 0 saturated heterocycles. The number of nitrogens with two attached hydrogens (primary N) is 1. The third-order valence-corrected chi connectivity index (χ3v) is 2.97. The fourth-order valence-corrected chi connectivity index (χ4v) is 1.93. The van der Waals surface area contributed by atoms with E-state index < -0.39 is 5.82 Å². The Bertz CT molecular complexity index is 533. The highest BCUT2D eigenvalue weighted by Gasteiger charge is 2.13. The summed E-state index contributed by atoms with van der Waals surface area (Å²) < 4.78 is 18.6. The minimum absolute atomic E-state index is 0.164. The molecule has 0 amide bonds. The minimum atomic E-state index is -0.394. The molecule has 100 valence electrons. The highest BCUT2D eigenvalue weighted by Crippen LogP contribution is 2.23. The number of hydrazine groups is 1. The second-order valence-electron chi connectivity index (χ2n) is 4.17. The van der Waals surface area contributed by atoms with Crippen LogP contribution in [-0.2, 0) is 6.42 Å². The third kappa shape index (κ3) is 3.27. The number of halogens is 1. The van der Waals surface area contributed by atoms with E-state index in [-0.39, 0.29) is 11.8 Å². The maximum Gasteiger partial charge on any atom is 0.165 e. The van der Waals surface area contributed by atoms with Crippen LogP contribution < -0.4 is 16.0 Å². The number of nitrogens with zero attached hydrogens (tertiary/aromatic N) is 1. The van der Waals surface area contributed by atoms with Crippen molar-refractivity contribution in [3.8, 4) is 5.75 Å². The fourth-order valence-electron chi connectivity index (χ4n) is 1.93. The zero-order valence-electron chi connectivity index (χ0n) is 10.6. The van der Waals surface area contributed by atoms with E-state index in [4.69, 9.17) is 10.6 Å². The summed E-state index contributed by atoms with van der Waals surface area (Å²) in [5, 5.41) is 0. The average molecular weight is 261 g/mol. The van der Waals surface area contributed by atoms with Gasteiger partial charge in [0.1, 0.15) is 0 Å². The first-order valence-corrected chi connectivity index (χ1v) is 5.93. The standard InChI is InChI=1S/C14H16FN3O/c1-19-14-3-2-11(9-12(14)15)13(18-16)8-10-4-6-17-7-5-10/h2-7,9,13,18H,8,16H2,1H3. The van der Waals surface area contributed by atoms with Crippen LogP contribution in [-0.4, -0.2) is 12.1 Å². The minimum Gasteiger partial charge on any atom is -0.494 e. The normalized spacial score (nSPS) is 12.2. The highest BCUT2D eigenvalue weighted by atomic mass is 19.1. The Labute approximate surface area is 111 Å². The molecule has 4 nitrogen and oxygen atoms in total. The summed E-state index contributed by atoms with van der Waals surface area (Å²) in [7, 11) is 1.44. The van der Waals surface area contributed by atoms with Crippen LogP contribution in [0.5, 0.6) is 5.75 Å². The summed E-state index contributed by atoms with van der Waals surface area (Å²) in [6, 6.07) is 8.48. The molecule has 0 aliphatic carbocycles. The van der Waals surface area contributed by atoms with Gasteiger partial charge in [0.15, 0.2) is 11.6 Å². The summed E-state index contributed by atoms with van der Waals surface area (Å²) in [6.07, 6.45) is 4.10. The summed E-state index contributed by atoms with van der Waals surface area (Å²) in [5.41, 5.74) is 4.56. The Hall–Kier alpha value is -1.98. The van der Waals surface area contributed by atoms with Crippen LogP contribution in [0.25, 0.3) is 0 Å². The largest absolute Gasteiger partial charge is 0.494 e. The first-order valence-electron chi connectivity index (χ1n) is 5.93. The molecular formula is C14H16FN3O. The lowest BCUT2D eigenvalue weighted by molar-refractivity contribution is 0.385. The molecule has 1 aromatic carbocycles. The van der Waals surface area contributed by atoms with Gasteiger partial charge in [-0.2, -0.15) is 0 Å². The summed E-state index contributed by atoms with van der Waals surface area (Å²) >= 11 is 0. The quantitative estimate of drug-likeness (QED) is 0.638. The number of nitrogens with one attached hydrogen (secondary N) is 1. The van der Waals surface area contributed by atoms with Crippen LogP contribution in [0.2, 0.25) is 0 Å². The van der Waals surface area contributed by atoms with E-state index in [0.29, 0.717) is 6.42 Å². The number of hydrogen-bond acceptors (Lipinski definition) is 4. The first-order chi connectivity index (χ1) is 9.24. The van der Waals surface area contributed by atoms with Crippen LogP contribution in [0.4, 0.5) is 4.39 Å². The maximum absolute atomic E-state index is 13.7. The second kappa shape index (κ2) is 6.26. The molecule has 1 atom stereocenters. The Morgan fingerprint density at radius 3 is 2.63 bits per heavy atom. The van der Waals surface area contributed by atoms with Gasteiger partial charge in [-0.25, -0.2) is 4.39 Å². The van der Waals surface area contributed by atoms with E-state index in [1.54, 1.807) is 24.5 Å². The molecule has 2 rings (SSSR count). The van der Waals surface area contributed by atoms with E-state index in [2.05, 4.69) is 10.4 Å². The van der Waals surface area contributed by atoms with Crippen molar-refractivity contribution < 1.29 is 9.13 Å². The average Bonchev–Trinajstić information content (AvgIpc) is 2.46. The van der Waals surface area contributed by atoms with Crippen LogP contribution in [0.3, 0.4) is 0 Å². The van der Waals surface area contributed by atoms with Gasteiger partial charge < -0.3 is 4.74 Å². The topological polar surface area (TPSA) is 60.2 Å². The van der Waals surface area contributed by atoms with Gasteiger partial charge in [-0.1, -0.05) is 6.07 Å². The van der Waals surface area contributed by atoms with Crippen LogP contribution >= 0.6 is 0 Å². The van der Waals surface area contributed by atoms with Gasteiger partial charge in [0.05, 0.1) is 13.2 Å². The molecule has 0 spiro atoms. The lowest BCUT2D eigenvalue weighted by atomic mass is 10.00. The van der Waals surface area contributed by atoms with Crippen molar-refractivity contribution in [2.24, 2.45) is 5.84 Å². The Morgan fingerprint density at radius 1 is 1.32 bits per heavy atom. The zero-order valence-corrected chi connectivity index (χ0v) is 10.6. The number of pyridine rings is 1.